The van der Waals surface area contributed by atoms with E-state index in [0.29, 0.717) is 6.42 Å². The van der Waals surface area contributed by atoms with Crippen molar-refractivity contribution >= 4 is 5.97 Å². The molecule has 0 aromatic rings. The SMILES string of the molecule is CCCN(C)CCC(N)C(=O)O. The Balaban J connectivity index is 3.46. The predicted octanol–water partition coefficient (Wildman–Crippen LogP) is 0.130. The molecular formula is C8H18N2O2. The molecule has 0 spiro atoms. The minimum absolute atomic E-state index is 0.520. The summed E-state index contributed by atoms with van der Waals surface area (Å²) in [6.07, 6.45) is 1.60. The van der Waals surface area contributed by atoms with Crippen LogP contribution in [0.2, 0.25) is 0 Å². The maximum atomic E-state index is 10.3. The van der Waals surface area contributed by atoms with Gasteiger partial charge in [0, 0.05) is 0 Å². The van der Waals surface area contributed by atoms with Crippen LogP contribution in [0.15, 0.2) is 0 Å². The van der Waals surface area contributed by atoms with E-state index in [1.54, 1.807) is 0 Å². The number of nitrogens with zero attached hydrogens (tertiary/aromatic N) is 1. The highest BCUT2D eigenvalue weighted by atomic mass is 16.4. The van der Waals surface area contributed by atoms with Crippen molar-refractivity contribution in [1.29, 1.82) is 0 Å². The summed E-state index contributed by atoms with van der Waals surface area (Å²) in [6, 6.07) is -0.718. The first-order chi connectivity index (χ1) is 5.57. The molecule has 4 nitrogen and oxygen atoms in total. The van der Waals surface area contributed by atoms with Crippen molar-refractivity contribution < 1.29 is 9.90 Å². The number of carboxylic acids is 1. The van der Waals surface area contributed by atoms with Gasteiger partial charge in [-0.2, -0.15) is 0 Å². The molecule has 0 aliphatic carbocycles. The number of hydrogen-bond donors (Lipinski definition) is 2. The Kier molecular flexibility index (Phi) is 5.66. The van der Waals surface area contributed by atoms with E-state index in [1.165, 1.54) is 0 Å². The van der Waals surface area contributed by atoms with Crippen LogP contribution in [0.4, 0.5) is 0 Å². The van der Waals surface area contributed by atoms with Gasteiger partial charge in [0.15, 0.2) is 0 Å². The molecule has 0 amide bonds. The number of aliphatic carboxylic acids is 1. The van der Waals surface area contributed by atoms with Gasteiger partial charge in [-0.25, -0.2) is 0 Å². The first-order valence-electron chi connectivity index (χ1n) is 4.24. The summed E-state index contributed by atoms with van der Waals surface area (Å²) < 4.78 is 0. The lowest BCUT2D eigenvalue weighted by atomic mass is 10.2. The molecule has 0 aliphatic rings. The average Bonchev–Trinajstić information content (AvgIpc) is 2.00. The molecule has 1 unspecified atom stereocenters. The number of carboxylic acid groups (broad SMARTS) is 1. The van der Waals surface area contributed by atoms with Gasteiger partial charge in [0.05, 0.1) is 0 Å². The van der Waals surface area contributed by atoms with E-state index in [1.807, 2.05) is 7.05 Å². The highest BCUT2D eigenvalue weighted by Crippen LogP contribution is 1.93. The quantitative estimate of drug-likeness (QED) is 0.600. The van der Waals surface area contributed by atoms with E-state index in [9.17, 15) is 4.79 Å². The second-order valence-electron chi connectivity index (χ2n) is 3.04. The van der Waals surface area contributed by atoms with Gasteiger partial charge in [0.25, 0.3) is 0 Å². The zero-order valence-electron chi connectivity index (χ0n) is 7.79. The van der Waals surface area contributed by atoms with Crippen LogP contribution < -0.4 is 5.73 Å². The lowest BCUT2D eigenvalue weighted by molar-refractivity contribution is -0.138. The molecule has 1 atom stereocenters. The Labute approximate surface area is 73.3 Å². The average molecular weight is 174 g/mol. The van der Waals surface area contributed by atoms with Crippen molar-refractivity contribution in [3.05, 3.63) is 0 Å². The van der Waals surface area contributed by atoms with Crippen LogP contribution in [0.1, 0.15) is 19.8 Å². The van der Waals surface area contributed by atoms with Gasteiger partial charge in [0.2, 0.25) is 0 Å². The van der Waals surface area contributed by atoms with Crippen LogP contribution in [0.25, 0.3) is 0 Å². The summed E-state index contributed by atoms with van der Waals surface area (Å²) in [5.41, 5.74) is 5.33. The minimum atomic E-state index is -0.917. The van der Waals surface area contributed by atoms with E-state index < -0.39 is 12.0 Å². The molecule has 0 saturated heterocycles. The van der Waals surface area contributed by atoms with Gasteiger partial charge in [0.1, 0.15) is 6.04 Å². The molecule has 0 aromatic heterocycles. The van der Waals surface area contributed by atoms with Crippen LogP contribution in [0.3, 0.4) is 0 Å². The van der Waals surface area contributed by atoms with Gasteiger partial charge in [-0.1, -0.05) is 6.92 Å². The summed E-state index contributed by atoms with van der Waals surface area (Å²) in [7, 11) is 1.97. The molecule has 4 heteroatoms. The molecule has 0 saturated carbocycles. The largest absolute Gasteiger partial charge is 0.480 e. The summed E-state index contributed by atoms with van der Waals surface area (Å²) >= 11 is 0. The Bertz CT molecular complexity index is 139. The van der Waals surface area contributed by atoms with Crippen LogP contribution in [-0.2, 0) is 4.79 Å². The van der Waals surface area contributed by atoms with Crippen LogP contribution in [0.5, 0.6) is 0 Å². The van der Waals surface area contributed by atoms with Gasteiger partial charge < -0.3 is 15.7 Å². The van der Waals surface area contributed by atoms with Crippen molar-refractivity contribution in [3.63, 3.8) is 0 Å². The summed E-state index contributed by atoms with van der Waals surface area (Å²) in [4.78, 5) is 12.4. The molecule has 0 aromatic carbocycles. The minimum Gasteiger partial charge on any atom is -0.480 e. The molecule has 0 aliphatic heterocycles. The van der Waals surface area contributed by atoms with Crippen molar-refractivity contribution in [2.24, 2.45) is 5.73 Å². The molecule has 0 heterocycles. The first-order valence-corrected chi connectivity index (χ1v) is 4.24. The van der Waals surface area contributed by atoms with E-state index in [2.05, 4.69) is 11.8 Å². The second-order valence-corrected chi connectivity index (χ2v) is 3.04. The molecule has 12 heavy (non-hydrogen) atoms. The molecule has 0 fully saturated rings. The zero-order chi connectivity index (χ0) is 9.56. The molecule has 72 valence electrons. The van der Waals surface area contributed by atoms with Crippen LogP contribution in [0, 0.1) is 0 Å². The molecule has 0 rings (SSSR count). The monoisotopic (exact) mass is 174 g/mol. The Morgan fingerprint density at radius 3 is 2.58 bits per heavy atom. The Morgan fingerprint density at radius 2 is 2.17 bits per heavy atom. The topological polar surface area (TPSA) is 66.6 Å². The fourth-order valence-corrected chi connectivity index (χ4v) is 0.976. The van der Waals surface area contributed by atoms with Crippen LogP contribution in [-0.4, -0.2) is 42.2 Å². The van der Waals surface area contributed by atoms with Gasteiger partial charge >= 0.3 is 5.97 Å². The zero-order valence-corrected chi connectivity index (χ0v) is 7.79. The molecule has 0 bridgehead atoms. The predicted molar refractivity (Wildman–Crippen MR) is 48.0 cm³/mol. The van der Waals surface area contributed by atoms with Gasteiger partial charge in [-0.05, 0) is 33.0 Å². The Morgan fingerprint density at radius 1 is 1.58 bits per heavy atom. The molecule has 0 radical (unpaired) electrons. The van der Waals surface area contributed by atoms with Gasteiger partial charge in [-0.15, -0.1) is 0 Å². The van der Waals surface area contributed by atoms with E-state index in [0.717, 1.165) is 19.5 Å². The maximum Gasteiger partial charge on any atom is 0.320 e. The van der Waals surface area contributed by atoms with Gasteiger partial charge in [-0.3, -0.25) is 4.79 Å². The highest BCUT2D eigenvalue weighted by molar-refractivity contribution is 5.72. The second kappa shape index (κ2) is 5.97. The van der Waals surface area contributed by atoms with E-state index in [4.69, 9.17) is 10.8 Å². The highest BCUT2D eigenvalue weighted by Gasteiger charge is 2.11. The molecule has 3 N–H and O–H groups in total. The third-order valence-corrected chi connectivity index (χ3v) is 1.74. The van der Waals surface area contributed by atoms with E-state index >= 15 is 0 Å². The fraction of sp³-hybridized carbons (Fsp3) is 0.875. The lowest BCUT2D eigenvalue weighted by Crippen LogP contribution is -2.34. The first kappa shape index (κ1) is 11.4. The third kappa shape index (κ3) is 5.09. The number of rotatable bonds is 6. The fourth-order valence-electron chi connectivity index (χ4n) is 0.976. The van der Waals surface area contributed by atoms with E-state index in [-0.39, 0.29) is 0 Å². The summed E-state index contributed by atoms with van der Waals surface area (Å²) in [5, 5.41) is 8.48. The summed E-state index contributed by atoms with van der Waals surface area (Å²) in [5.74, 6) is -0.917. The maximum absolute atomic E-state index is 10.3. The number of carbonyl (C=O) groups is 1. The van der Waals surface area contributed by atoms with Crippen LogP contribution >= 0.6 is 0 Å². The lowest BCUT2D eigenvalue weighted by Gasteiger charge is -2.16. The summed E-state index contributed by atoms with van der Waals surface area (Å²) in [6.45, 7) is 3.83. The van der Waals surface area contributed by atoms with Crippen molar-refractivity contribution in [1.82, 2.24) is 4.90 Å². The number of hydrogen-bond acceptors (Lipinski definition) is 3. The van der Waals surface area contributed by atoms with Crippen molar-refractivity contribution in [2.45, 2.75) is 25.8 Å². The number of nitrogens with two attached hydrogens (primary N) is 1. The third-order valence-electron chi connectivity index (χ3n) is 1.74. The van der Waals surface area contributed by atoms with Crippen molar-refractivity contribution in [2.75, 3.05) is 20.1 Å². The van der Waals surface area contributed by atoms with Crippen molar-refractivity contribution in [3.8, 4) is 0 Å². The normalized spacial score (nSPS) is 13.3. The standard InChI is InChI=1S/C8H18N2O2/c1-3-5-10(2)6-4-7(9)8(11)12/h7H,3-6,9H2,1-2H3,(H,11,12). The smallest absolute Gasteiger partial charge is 0.320 e. The Hall–Kier alpha value is -0.610. The molecular weight excluding hydrogens is 156 g/mol.